The molecule has 1 aliphatic rings. The molecule has 1 aliphatic heterocycles. The second-order valence-electron chi connectivity index (χ2n) is 7.49. The van der Waals surface area contributed by atoms with Crippen molar-refractivity contribution in [1.29, 1.82) is 0 Å². The van der Waals surface area contributed by atoms with Gasteiger partial charge in [0.25, 0.3) is 5.91 Å². The SMILES string of the molecule is CCOCCOc1cccc(C(=O)NC(=S)Nc2ccc(S(=O)(=O)NCC3CCCO3)cc2)c1. The van der Waals surface area contributed by atoms with Crippen molar-refractivity contribution in [3.05, 3.63) is 54.1 Å². The van der Waals surface area contributed by atoms with Crippen LogP contribution in [0, 0.1) is 0 Å². The number of ether oxygens (including phenoxy) is 3. The monoisotopic (exact) mass is 507 g/mol. The average molecular weight is 508 g/mol. The molecule has 1 heterocycles. The van der Waals surface area contributed by atoms with E-state index in [-0.39, 0.29) is 22.7 Å². The molecule has 2 aromatic carbocycles. The fraction of sp³-hybridized carbons (Fsp3) is 0.391. The summed E-state index contributed by atoms with van der Waals surface area (Å²) in [5.74, 6) is 0.154. The predicted molar refractivity (Wildman–Crippen MR) is 133 cm³/mol. The molecule has 0 radical (unpaired) electrons. The molecule has 0 saturated carbocycles. The van der Waals surface area contributed by atoms with Crippen molar-refractivity contribution in [2.45, 2.75) is 30.8 Å². The number of thiocarbonyl (C=S) groups is 1. The van der Waals surface area contributed by atoms with E-state index in [0.29, 0.717) is 43.4 Å². The number of rotatable bonds is 11. The van der Waals surface area contributed by atoms with Gasteiger partial charge in [-0.3, -0.25) is 10.1 Å². The first kappa shape index (κ1) is 26.0. The van der Waals surface area contributed by atoms with E-state index >= 15 is 0 Å². The lowest BCUT2D eigenvalue weighted by Gasteiger charge is -2.13. The van der Waals surface area contributed by atoms with Gasteiger partial charge >= 0.3 is 0 Å². The predicted octanol–water partition coefficient (Wildman–Crippen LogP) is 2.69. The van der Waals surface area contributed by atoms with Crippen molar-refractivity contribution < 1.29 is 27.4 Å². The van der Waals surface area contributed by atoms with E-state index in [1.54, 1.807) is 36.4 Å². The number of anilines is 1. The molecule has 0 aromatic heterocycles. The highest BCUT2D eigenvalue weighted by Crippen LogP contribution is 2.16. The highest BCUT2D eigenvalue weighted by atomic mass is 32.2. The Kier molecular flexibility index (Phi) is 9.78. The van der Waals surface area contributed by atoms with Crippen LogP contribution in [0.1, 0.15) is 30.1 Å². The van der Waals surface area contributed by atoms with Crippen LogP contribution in [0.3, 0.4) is 0 Å². The van der Waals surface area contributed by atoms with Gasteiger partial charge in [-0.1, -0.05) is 6.07 Å². The molecule has 11 heteroatoms. The van der Waals surface area contributed by atoms with E-state index in [9.17, 15) is 13.2 Å². The lowest BCUT2D eigenvalue weighted by atomic mass is 10.2. The number of carbonyl (C=O) groups excluding carboxylic acids is 1. The highest BCUT2D eigenvalue weighted by Gasteiger charge is 2.20. The van der Waals surface area contributed by atoms with Gasteiger partial charge in [-0.05, 0) is 74.4 Å². The lowest BCUT2D eigenvalue weighted by Crippen LogP contribution is -2.34. The zero-order chi connectivity index (χ0) is 24.4. The van der Waals surface area contributed by atoms with Gasteiger partial charge in [-0.15, -0.1) is 0 Å². The molecule has 1 unspecified atom stereocenters. The van der Waals surface area contributed by atoms with E-state index in [2.05, 4.69) is 15.4 Å². The number of nitrogens with one attached hydrogen (secondary N) is 3. The van der Waals surface area contributed by atoms with Crippen molar-refractivity contribution in [3.63, 3.8) is 0 Å². The molecule has 1 saturated heterocycles. The van der Waals surface area contributed by atoms with Crippen LogP contribution in [0.2, 0.25) is 0 Å². The third-order valence-corrected chi connectivity index (χ3v) is 6.61. The third kappa shape index (κ3) is 8.03. The molecule has 2 aromatic rings. The number of hydrogen-bond acceptors (Lipinski definition) is 7. The summed E-state index contributed by atoms with van der Waals surface area (Å²) in [5.41, 5.74) is 0.924. The minimum Gasteiger partial charge on any atom is -0.491 e. The first-order chi connectivity index (χ1) is 16.4. The average Bonchev–Trinajstić information content (AvgIpc) is 3.35. The molecule has 0 spiro atoms. The van der Waals surface area contributed by atoms with Crippen molar-refractivity contribution >= 4 is 38.9 Å². The van der Waals surface area contributed by atoms with Crippen LogP contribution in [0.15, 0.2) is 53.4 Å². The van der Waals surface area contributed by atoms with Crippen LogP contribution in [0.4, 0.5) is 5.69 Å². The number of carbonyl (C=O) groups is 1. The van der Waals surface area contributed by atoms with Crippen LogP contribution in [-0.4, -0.2) is 58.5 Å². The highest BCUT2D eigenvalue weighted by molar-refractivity contribution is 7.89. The molecule has 3 rings (SSSR count). The Labute approximate surface area is 205 Å². The van der Waals surface area contributed by atoms with Crippen LogP contribution >= 0.6 is 12.2 Å². The molecule has 0 bridgehead atoms. The van der Waals surface area contributed by atoms with E-state index in [4.69, 9.17) is 26.4 Å². The molecule has 184 valence electrons. The number of amides is 1. The van der Waals surface area contributed by atoms with Gasteiger partial charge in [0.15, 0.2) is 5.11 Å². The zero-order valence-corrected chi connectivity index (χ0v) is 20.5. The van der Waals surface area contributed by atoms with Crippen LogP contribution < -0.4 is 20.1 Å². The van der Waals surface area contributed by atoms with Crippen molar-refractivity contribution in [2.75, 3.05) is 38.3 Å². The fourth-order valence-electron chi connectivity index (χ4n) is 3.24. The molecule has 1 fully saturated rings. The smallest absolute Gasteiger partial charge is 0.257 e. The largest absolute Gasteiger partial charge is 0.491 e. The molecular weight excluding hydrogens is 478 g/mol. The minimum absolute atomic E-state index is 0.0831. The zero-order valence-electron chi connectivity index (χ0n) is 18.9. The summed E-state index contributed by atoms with van der Waals surface area (Å²) in [4.78, 5) is 12.7. The summed E-state index contributed by atoms with van der Waals surface area (Å²) >= 11 is 5.22. The summed E-state index contributed by atoms with van der Waals surface area (Å²) in [6, 6.07) is 12.8. The lowest BCUT2D eigenvalue weighted by molar-refractivity contribution is 0.0976. The summed E-state index contributed by atoms with van der Waals surface area (Å²) in [6.45, 7) is 4.28. The Hall–Kier alpha value is -2.57. The molecule has 34 heavy (non-hydrogen) atoms. The standard InChI is InChI=1S/C23H29N3O6S2/c1-2-30-13-14-32-19-6-3-5-17(15-19)22(27)26-23(33)25-18-8-10-21(11-9-18)34(28,29)24-16-20-7-4-12-31-20/h3,5-6,8-11,15,20,24H,2,4,7,12-14,16H2,1H3,(H2,25,26,27,33). The maximum absolute atomic E-state index is 12.5. The number of hydrogen-bond donors (Lipinski definition) is 3. The Balaban J connectivity index is 1.50. The van der Waals surface area contributed by atoms with Crippen molar-refractivity contribution in [3.8, 4) is 5.75 Å². The first-order valence-corrected chi connectivity index (χ1v) is 12.9. The van der Waals surface area contributed by atoms with E-state index < -0.39 is 15.9 Å². The maximum Gasteiger partial charge on any atom is 0.257 e. The first-order valence-electron chi connectivity index (χ1n) is 11.0. The van der Waals surface area contributed by atoms with Gasteiger partial charge in [-0.25, -0.2) is 13.1 Å². The van der Waals surface area contributed by atoms with Gasteiger partial charge in [-0.2, -0.15) is 0 Å². The Bertz CT molecular complexity index is 1070. The second kappa shape index (κ2) is 12.8. The fourth-order valence-corrected chi connectivity index (χ4v) is 4.51. The van der Waals surface area contributed by atoms with Crippen molar-refractivity contribution in [1.82, 2.24) is 10.0 Å². The normalized spacial score (nSPS) is 15.6. The maximum atomic E-state index is 12.5. The Morgan fingerprint density at radius 1 is 1.18 bits per heavy atom. The van der Waals surface area contributed by atoms with Gasteiger partial charge in [0.2, 0.25) is 10.0 Å². The number of sulfonamides is 1. The molecule has 9 nitrogen and oxygen atoms in total. The van der Waals surface area contributed by atoms with E-state index in [1.165, 1.54) is 12.1 Å². The van der Waals surface area contributed by atoms with Gasteiger partial charge in [0.05, 0.1) is 17.6 Å². The Morgan fingerprint density at radius 3 is 2.68 bits per heavy atom. The van der Waals surface area contributed by atoms with E-state index in [0.717, 1.165) is 12.8 Å². The number of benzene rings is 2. The van der Waals surface area contributed by atoms with Crippen molar-refractivity contribution in [2.24, 2.45) is 0 Å². The molecule has 1 atom stereocenters. The van der Waals surface area contributed by atoms with Crippen LogP contribution in [0.5, 0.6) is 5.75 Å². The Morgan fingerprint density at radius 2 is 1.97 bits per heavy atom. The summed E-state index contributed by atoms with van der Waals surface area (Å²) in [5, 5.41) is 5.56. The van der Waals surface area contributed by atoms with Crippen LogP contribution in [-0.2, 0) is 19.5 Å². The quantitative estimate of drug-likeness (QED) is 0.314. The minimum atomic E-state index is -3.64. The van der Waals surface area contributed by atoms with Gasteiger partial charge in [0.1, 0.15) is 12.4 Å². The molecule has 0 aliphatic carbocycles. The summed E-state index contributed by atoms with van der Waals surface area (Å²) < 4.78 is 43.7. The second-order valence-corrected chi connectivity index (χ2v) is 9.67. The molecule has 3 N–H and O–H groups in total. The molecule has 1 amide bonds. The summed E-state index contributed by atoms with van der Waals surface area (Å²) in [7, 11) is -3.64. The van der Waals surface area contributed by atoms with E-state index in [1.807, 2.05) is 6.92 Å². The van der Waals surface area contributed by atoms with Gasteiger partial charge < -0.3 is 19.5 Å². The topological polar surface area (TPSA) is 115 Å². The molecular formula is C23H29N3O6S2. The summed E-state index contributed by atoms with van der Waals surface area (Å²) in [6.07, 6.45) is 1.70. The third-order valence-electron chi connectivity index (χ3n) is 4.97. The van der Waals surface area contributed by atoms with Crippen LogP contribution in [0.25, 0.3) is 0 Å². The van der Waals surface area contributed by atoms with Gasteiger partial charge in [0, 0.05) is 31.0 Å².